The van der Waals surface area contributed by atoms with Gasteiger partial charge in [0, 0.05) is 17.8 Å². The number of fused-ring (bicyclic) bond motifs is 2. The van der Waals surface area contributed by atoms with Crippen molar-refractivity contribution in [1.29, 1.82) is 0 Å². The van der Waals surface area contributed by atoms with Gasteiger partial charge in [0.1, 0.15) is 36.6 Å². The minimum Gasteiger partial charge on any atom is -0.387 e. The maximum absolute atomic E-state index is 12.8. The first-order chi connectivity index (χ1) is 27.2. The van der Waals surface area contributed by atoms with Crippen LogP contribution >= 0.6 is 31.3 Å². The molecule has 7 rings (SSSR count). The van der Waals surface area contributed by atoms with Crippen LogP contribution in [0.4, 0.5) is 0 Å². The highest BCUT2D eigenvalue weighted by molar-refractivity contribution is 7.69. The molecular weight excluding hydrogens is 872 g/mol. The van der Waals surface area contributed by atoms with E-state index in [0.29, 0.717) is 10.1 Å². The molecule has 0 bridgehead atoms. The molecule has 8 N–H and O–H groups in total. The lowest BCUT2D eigenvalue weighted by atomic mass is 10.1. The molecule has 1 aromatic heterocycles. The van der Waals surface area contributed by atoms with Gasteiger partial charge >= 0.3 is 37.0 Å². The zero-order chi connectivity index (χ0) is 41.8. The Balaban J connectivity index is 0.950. The van der Waals surface area contributed by atoms with Crippen molar-refractivity contribution in [3.8, 4) is 0 Å². The van der Waals surface area contributed by atoms with Gasteiger partial charge in [0.2, 0.25) is 0 Å². The van der Waals surface area contributed by atoms with Crippen molar-refractivity contribution in [3.63, 3.8) is 0 Å². The van der Waals surface area contributed by atoms with E-state index in [-0.39, 0.29) is 0 Å². The number of aromatic nitrogens is 2. The molecule has 3 fully saturated rings. The lowest BCUT2D eigenvalue weighted by Crippen LogP contribution is -2.53. The summed E-state index contributed by atoms with van der Waals surface area (Å²) < 4.78 is 95.6. The number of amides is 1. The van der Waals surface area contributed by atoms with Gasteiger partial charge in [0.05, 0.1) is 25.9 Å². The Kier molecular flexibility index (Phi) is 12.1. The van der Waals surface area contributed by atoms with Crippen LogP contribution in [-0.2, 0) is 64.0 Å². The van der Waals surface area contributed by atoms with Crippen molar-refractivity contribution < 1.29 is 93.8 Å². The molecular formula is C26H32N6O22P4. The number of nitrogens with zero attached hydrogens (tertiary/aromatic N) is 4. The normalized spacial score (nSPS) is 35.7. The van der Waals surface area contributed by atoms with Gasteiger partial charge in [0.15, 0.2) is 31.0 Å². The molecule has 318 valence electrons. The van der Waals surface area contributed by atoms with Gasteiger partial charge in [0.25, 0.3) is 11.5 Å². The van der Waals surface area contributed by atoms with Crippen molar-refractivity contribution in [3.05, 3.63) is 69.0 Å². The number of phosphoric ester groups is 2. The zero-order valence-corrected chi connectivity index (χ0v) is 32.3. The molecule has 1 amide bonds. The van der Waals surface area contributed by atoms with Gasteiger partial charge in [-0.05, 0) is 0 Å². The van der Waals surface area contributed by atoms with E-state index in [1.165, 1.54) is 17.6 Å². The largest absolute Gasteiger partial charge is 0.490 e. The molecule has 58 heavy (non-hydrogen) atoms. The van der Waals surface area contributed by atoms with Crippen molar-refractivity contribution in [2.24, 2.45) is 9.98 Å². The molecule has 1 aromatic carbocycles. The third kappa shape index (κ3) is 9.41. The zero-order valence-electron chi connectivity index (χ0n) is 28.8. The average Bonchev–Trinajstić information content (AvgIpc) is 3.89. The maximum atomic E-state index is 12.8. The third-order valence-electron chi connectivity index (χ3n) is 8.75. The van der Waals surface area contributed by atoms with Crippen molar-refractivity contribution >= 4 is 49.9 Å². The standard InChI is InChI=1S/C26H32N6O22P4/c33-15-6-7-31(26(37)30-15)23-18(35)17(34)13(48-23)8-46-55(38,39)52-57(42,43)54-58(44,45)53-56(40,41)47-9-14-19-20(51-25(50-19)12-4-2-1-3-5-12)24(49-14)32-11-29-16-21(32)27-10-28-22(16)36/h1-7,10-11,13-14,16-21,23-25,34-35H,8-9H2,(H,38,39)(H,40,41)(H,42,43)(H,44,45)(H,27,28,36)(H,30,33,37)/t13-,14?,16?,17-,18-,19-,20-,21?,23-,24-,25?/m1/s1. The number of aliphatic hydroxyl groups excluding tert-OH is 2. The number of rotatable bonds is 15. The number of hydrogen-bond acceptors (Lipinski definition) is 21. The van der Waals surface area contributed by atoms with E-state index in [9.17, 15) is 62.4 Å². The monoisotopic (exact) mass is 904 g/mol. The first kappa shape index (κ1) is 42.9. The van der Waals surface area contributed by atoms with Crippen molar-refractivity contribution in [1.82, 2.24) is 19.8 Å². The molecule has 15 atom stereocenters. The Bertz CT molecular complexity index is 2260. The predicted octanol–water partition coefficient (Wildman–Crippen LogP) is -1.96. The lowest BCUT2D eigenvalue weighted by molar-refractivity contribution is -0.162. The number of aliphatic hydroxyl groups is 2. The van der Waals surface area contributed by atoms with Gasteiger partial charge in [-0.15, -0.1) is 0 Å². The summed E-state index contributed by atoms with van der Waals surface area (Å²) in [5, 5.41) is 23.0. The molecule has 0 spiro atoms. The number of benzene rings is 1. The number of carbonyl (C=O) groups excluding carboxylic acids is 1. The van der Waals surface area contributed by atoms with E-state index >= 15 is 0 Å². The molecule has 28 nitrogen and oxygen atoms in total. The number of aliphatic imine (C=N–C) groups is 2. The molecule has 5 aliphatic rings. The van der Waals surface area contributed by atoms with Crippen LogP contribution in [0, 0.1) is 0 Å². The minimum atomic E-state index is -6.22. The smallest absolute Gasteiger partial charge is 0.387 e. The number of H-pyrrole nitrogens is 1. The van der Waals surface area contributed by atoms with Crippen LogP contribution in [0.15, 0.2) is 62.2 Å². The lowest BCUT2D eigenvalue weighted by Gasteiger charge is -2.32. The fourth-order valence-corrected chi connectivity index (χ4v) is 11.3. The molecule has 5 aliphatic heterocycles. The van der Waals surface area contributed by atoms with Crippen LogP contribution in [-0.4, -0.2) is 131 Å². The quantitative estimate of drug-likeness (QED) is 0.0900. The Morgan fingerprint density at radius 2 is 1.33 bits per heavy atom. The van der Waals surface area contributed by atoms with Gasteiger partial charge in [-0.1, -0.05) is 30.3 Å². The molecule has 8 unspecified atom stereocenters. The summed E-state index contributed by atoms with van der Waals surface area (Å²) in [7, 11) is -24.0. The van der Waals surface area contributed by atoms with E-state index in [4.69, 9.17) is 23.5 Å². The molecule has 0 saturated carbocycles. The van der Waals surface area contributed by atoms with Crippen LogP contribution < -0.4 is 16.6 Å². The van der Waals surface area contributed by atoms with E-state index in [1.54, 1.807) is 30.3 Å². The molecule has 2 aromatic rings. The highest BCUT2D eigenvalue weighted by Crippen LogP contribution is 2.71. The summed E-state index contributed by atoms with van der Waals surface area (Å²) >= 11 is 0. The average molecular weight is 904 g/mol. The van der Waals surface area contributed by atoms with Crippen LogP contribution in [0.1, 0.15) is 18.1 Å². The number of aromatic amines is 1. The summed E-state index contributed by atoms with van der Waals surface area (Å²) in [6, 6.07) is 8.54. The fourth-order valence-electron chi connectivity index (χ4n) is 6.30. The Morgan fingerprint density at radius 1 is 0.724 bits per heavy atom. The fraction of sp³-hybridized carbons (Fsp3) is 0.500. The van der Waals surface area contributed by atoms with Crippen LogP contribution in [0.2, 0.25) is 0 Å². The highest BCUT2D eigenvalue weighted by atomic mass is 31.3. The van der Waals surface area contributed by atoms with Crippen LogP contribution in [0.3, 0.4) is 0 Å². The van der Waals surface area contributed by atoms with Gasteiger partial charge in [-0.2, -0.15) is 12.9 Å². The van der Waals surface area contributed by atoms with Gasteiger partial charge < -0.3 is 59.0 Å². The van der Waals surface area contributed by atoms with E-state index in [0.717, 1.165) is 12.3 Å². The van der Waals surface area contributed by atoms with Crippen molar-refractivity contribution in [2.75, 3.05) is 13.2 Å². The summed E-state index contributed by atoms with van der Waals surface area (Å²) in [5.74, 6) is -0.447. The molecule has 0 radical (unpaired) electrons. The SMILES string of the molecule is O=C1NC=NC2C1N=CN2[C@@H]1OC(COP(=O)(O)OP(=O)(O)OP(=O)(O)OP(=O)(O)OC[C@H]2O[C@@H](n3ccc(=O)[nH]c3=O)[C@H](O)[C@@H]2O)[C@H]2OC(c3ccccc3)O[C@H]21. The third-order valence-corrected chi connectivity index (χ3v) is 14.7. The predicted molar refractivity (Wildman–Crippen MR) is 184 cm³/mol. The Morgan fingerprint density at radius 3 is 1.98 bits per heavy atom. The maximum Gasteiger partial charge on any atom is 0.490 e. The molecule has 32 heteroatoms. The van der Waals surface area contributed by atoms with E-state index in [1.807, 2.05) is 4.98 Å². The second-order valence-corrected chi connectivity index (χ2v) is 18.9. The highest BCUT2D eigenvalue weighted by Gasteiger charge is 2.58. The summed E-state index contributed by atoms with van der Waals surface area (Å²) in [6.07, 6.45) is -9.96. The Hall–Kier alpha value is -3.17. The first-order valence-corrected chi connectivity index (χ1v) is 22.4. The second-order valence-electron chi connectivity index (χ2n) is 12.6. The summed E-state index contributed by atoms with van der Waals surface area (Å²) in [6.45, 7) is -2.11. The minimum absolute atomic E-state index is 0.447. The molecule has 0 aliphatic carbocycles. The number of ether oxygens (including phenoxy) is 4. The van der Waals surface area contributed by atoms with Crippen LogP contribution in [0.25, 0.3) is 0 Å². The van der Waals surface area contributed by atoms with Crippen LogP contribution in [0.5, 0.6) is 0 Å². The topological polar surface area (TPSA) is 385 Å². The summed E-state index contributed by atoms with van der Waals surface area (Å²) in [5.41, 5.74) is -1.27. The number of phosphoric acid groups is 4. The Labute approximate surface area is 323 Å². The van der Waals surface area contributed by atoms with E-state index in [2.05, 4.69) is 32.8 Å². The number of hydrogen-bond donors (Lipinski definition) is 8. The number of nitrogens with one attached hydrogen (secondary N) is 2. The van der Waals surface area contributed by atoms with Crippen molar-refractivity contribution in [2.45, 2.75) is 67.6 Å². The molecule has 6 heterocycles. The van der Waals surface area contributed by atoms with Gasteiger partial charge in [-0.3, -0.25) is 33.2 Å². The van der Waals surface area contributed by atoms with E-state index < -0.39 is 129 Å². The second kappa shape index (κ2) is 16.4. The van der Waals surface area contributed by atoms with Gasteiger partial charge in [-0.25, -0.2) is 28.0 Å². The summed E-state index contributed by atoms with van der Waals surface area (Å²) in [4.78, 5) is 87.7. The first-order valence-electron chi connectivity index (χ1n) is 16.4. The molecule has 3 saturated heterocycles. The number of carbonyl (C=O) groups is 1.